The molecule has 0 bridgehead atoms. The number of hydrogen-bond donors (Lipinski definition) is 3. The number of para-hydroxylation sites is 1. The number of ether oxygens (including phenoxy) is 1. The molecule has 6 heteroatoms. The summed E-state index contributed by atoms with van der Waals surface area (Å²) in [6.45, 7) is 5.95. The van der Waals surface area contributed by atoms with Gasteiger partial charge in [-0.05, 0) is 32.0 Å². The lowest BCUT2D eigenvalue weighted by Crippen LogP contribution is -2.36. The average molecular weight is 291 g/mol. The maximum atomic E-state index is 12.2. The number of rotatable bonds is 6. The quantitative estimate of drug-likeness (QED) is 0.687. The van der Waals surface area contributed by atoms with Crippen molar-refractivity contribution in [1.29, 1.82) is 0 Å². The monoisotopic (exact) mass is 291 g/mol. The van der Waals surface area contributed by atoms with E-state index in [1.54, 1.807) is 25.1 Å². The molecule has 0 radical (unpaired) electrons. The fourth-order valence-electron chi connectivity index (χ4n) is 2.07. The molecule has 1 aliphatic rings. The van der Waals surface area contributed by atoms with Gasteiger partial charge in [0, 0.05) is 13.1 Å². The summed E-state index contributed by atoms with van der Waals surface area (Å²) in [4.78, 5) is 23.8. The van der Waals surface area contributed by atoms with Crippen molar-refractivity contribution < 1.29 is 14.3 Å². The predicted molar refractivity (Wildman–Crippen MR) is 80.7 cm³/mol. The van der Waals surface area contributed by atoms with Crippen LogP contribution in [-0.4, -0.2) is 37.6 Å². The van der Waals surface area contributed by atoms with Crippen LogP contribution in [0.4, 0.5) is 5.69 Å². The topological polar surface area (TPSA) is 79.5 Å². The number of carbonyl (C=O) groups is 2. The van der Waals surface area contributed by atoms with Gasteiger partial charge in [0.25, 0.3) is 11.8 Å². The largest absolute Gasteiger partial charge is 0.478 e. The van der Waals surface area contributed by atoms with Gasteiger partial charge in [0.05, 0.1) is 11.3 Å². The van der Waals surface area contributed by atoms with Crippen LogP contribution < -0.4 is 20.7 Å². The Morgan fingerprint density at radius 3 is 2.90 bits per heavy atom. The zero-order chi connectivity index (χ0) is 15.2. The smallest absolute Gasteiger partial charge is 0.265 e. The van der Waals surface area contributed by atoms with Crippen molar-refractivity contribution in [3.8, 4) is 5.75 Å². The molecule has 1 atom stereocenters. The Balaban J connectivity index is 2.02. The van der Waals surface area contributed by atoms with Gasteiger partial charge in [0.1, 0.15) is 0 Å². The molecule has 1 aromatic carbocycles. The highest BCUT2D eigenvalue weighted by atomic mass is 16.5. The molecule has 1 aliphatic heterocycles. The first-order chi connectivity index (χ1) is 10.1. The van der Waals surface area contributed by atoms with Crippen molar-refractivity contribution in [1.82, 2.24) is 10.6 Å². The Labute approximate surface area is 124 Å². The maximum Gasteiger partial charge on any atom is 0.265 e. The second-order valence-corrected chi connectivity index (χ2v) is 4.94. The molecule has 1 heterocycles. The summed E-state index contributed by atoms with van der Waals surface area (Å²) in [5.74, 6) is 0.0286. The summed E-state index contributed by atoms with van der Waals surface area (Å²) >= 11 is 0. The number of fused-ring (bicyclic) bond motifs is 1. The normalized spacial score (nSPS) is 16.7. The fraction of sp³-hybridized carbons (Fsp3) is 0.467. The molecular weight excluding hydrogens is 270 g/mol. The number of nitrogens with one attached hydrogen (secondary N) is 3. The van der Waals surface area contributed by atoms with Crippen LogP contribution in [-0.2, 0) is 4.79 Å². The van der Waals surface area contributed by atoms with E-state index in [9.17, 15) is 9.59 Å². The third kappa shape index (κ3) is 3.72. The molecule has 0 aromatic heterocycles. The minimum atomic E-state index is -0.599. The van der Waals surface area contributed by atoms with Gasteiger partial charge in [-0.1, -0.05) is 13.0 Å². The van der Waals surface area contributed by atoms with Crippen molar-refractivity contribution in [3.05, 3.63) is 23.8 Å². The van der Waals surface area contributed by atoms with E-state index in [1.165, 1.54) is 0 Å². The zero-order valence-corrected chi connectivity index (χ0v) is 12.4. The van der Waals surface area contributed by atoms with Crippen molar-refractivity contribution in [2.24, 2.45) is 0 Å². The molecule has 3 N–H and O–H groups in total. The number of benzene rings is 1. The Kier molecular flexibility index (Phi) is 5.16. The average Bonchev–Trinajstić information content (AvgIpc) is 2.47. The second-order valence-electron chi connectivity index (χ2n) is 4.94. The van der Waals surface area contributed by atoms with E-state index in [-0.39, 0.29) is 11.8 Å². The second kappa shape index (κ2) is 7.08. The number of carbonyl (C=O) groups excluding carboxylic acids is 2. The third-order valence-corrected chi connectivity index (χ3v) is 3.20. The summed E-state index contributed by atoms with van der Waals surface area (Å²) in [5, 5.41) is 8.79. The minimum Gasteiger partial charge on any atom is -0.478 e. The summed E-state index contributed by atoms with van der Waals surface area (Å²) in [7, 11) is 0. The van der Waals surface area contributed by atoms with Crippen LogP contribution in [0.3, 0.4) is 0 Å². The molecule has 2 amide bonds. The Morgan fingerprint density at radius 2 is 2.14 bits per heavy atom. The number of hydrogen-bond acceptors (Lipinski definition) is 4. The molecule has 1 aromatic rings. The van der Waals surface area contributed by atoms with Crippen LogP contribution in [0.1, 0.15) is 30.6 Å². The van der Waals surface area contributed by atoms with E-state index in [4.69, 9.17) is 4.74 Å². The molecule has 2 rings (SSSR count). The van der Waals surface area contributed by atoms with Crippen molar-refractivity contribution in [2.45, 2.75) is 26.4 Å². The SMILES string of the molecule is CCCNCCNC(=O)c1cccc2c1OC(C)C(=O)N2. The lowest BCUT2D eigenvalue weighted by atomic mass is 10.1. The molecular formula is C15H21N3O3. The van der Waals surface area contributed by atoms with Crippen molar-refractivity contribution >= 4 is 17.5 Å². The van der Waals surface area contributed by atoms with Crippen LogP contribution in [0.25, 0.3) is 0 Å². The lowest BCUT2D eigenvalue weighted by Gasteiger charge is -2.25. The highest BCUT2D eigenvalue weighted by Gasteiger charge is 2.27. The van der Waals surface area contributed by atoms with Gasteiger partial charge in [0.15, 0.2) is 11.9 Å². The lowest BCUT2D eigenvalue weighted by molar-refractivity contribution is -0.122. The molecule has 0 spiro atoms. The Hall–Kier alpha value is -2.08. The third-order valence-electron chi connectivity index (χ3n) is 3.20. The first-order valence-corrected chi connectivity index (χ1v) is 7.23. The first kappa shape index (κ1) is 15.3. The number of amides is 2. The zero-order valence-electron chi connectivity index (χ0n) is 12.4. The van der Waals surface area contributed by atoms with Crippen LogP contribution in [0.2, 0.25) is 0 Å². The Bertz CT molecular complexity index is 531. The van der Waals surface area contributed by atoms with Crippen LogP contribution >= 0.6 is 0 Å². The highest BCUT2D eigenvalue weighted by molar-refractivity contribution is 6.03. The summed E-state index contributed by atoms with van der Waals surface area (Å²) in [6.07, 6.45) is 0.462. The molecule has 0 saturated carbocycles. The van der Waals surface area contributed by atoms with E-state index in [2.05, 4.69) is 22.9 Å². The van der Waals surface area contributed by atoms with Crippen molar-refractivity contribution in [2.75, 3.05) is 25.0 Å². The van der Waals surface area contributed by atoms with Crippen LogP contribution in [0, 0.1) is 0 Å². The van der Waals surface area contributed by atoms with E-state index < -0.39 is 6.10 Å². The molecule has 0 aliphatic carbocycles. The minimum absolute atomic E-state index is 0.200. The fourth-order valence-corrected chi connectivity index (χ4v) is 2.07. The van der Waals surface area contributed by atoms with E-state index in [1.807, 2.05) is 0 Å². The molecule has 114 valence electrons. The Morgan fingerprint density at radius 1 is 1.33 bits per heavy atom. The van der Waals surface area contributed by atoms with Gasteiger partial charge in [-0.2, -0.15) is 0 Å². The van der Waals surface area contributed by atoms with Gasteiger partial charge >= 0.3 is 0 Å². The van der Waals surface area contributed by atoms with E-state index in [0.717, 1.165) is 19.5 Å². The predicted octanol–water partition coefficient (Wildman–Crippen LogP) is 1.14. The standard InChI is InChI=1S/C15H21N3O3/c1-3-7-16-8-9-17-15(20)11-5-4-6-12-13(11)21-10(2)14(19)18-12/h4-6,10,16H,3,7-9H2,1-2H3,(H,17,20)(H,18,19). The molecule has 0 fully saturated rings. The highest BCUT2D eigenvalue weighted by Crippen LogP contribution is 2.33. The summed E-state index contributed by atoms with van der Waals surface area (Å²) < 4.78 is 5.55. The van der Waals surface area contributed by atoms with Gasteiger partial charge in [-0.25, -0.2) is 0 Å². The van der Waals surface area contributed by atoms with E-state index >= 15 is 0 Å². The van der Waals surface area contributed by atoms with Gasteiger partial charge in [0.2, 0.25) is 0 Å². The van der Waals surface area contributed by atoms with Crippen molar-refractivity contribution in [3.63, 3.8) is 0 Å². The summed E-state index contributed by atoms with van der Waals surface area (Å²) in [6, 6.07) is 5.14. The van der Waals surface area contributed by atoms with Crippen LogP contribution in [0.15, 0.2) is 18.2 Å². The van der Waals surface area contributed by atoms with Crippen LogP contribution in [0.5, 0.6) is 5.75 Å². The molecule has 1 unspecified atom stereocenters. The molecule has 21 heavy (non-hydrogen) atoms. The first-order valence-electron chi connectivity index (χ1n) is 7.23. The van der Waals surface area contributed by atoms with Gasteiger partial charge in [-0.3, -0.25) is 9.59 Å². The molecule has 6 nitrogen and oxygen atoms in total. The van der Waals surface area contributed by atoms with Gasteiger partial charge < -0.3 is 20.7 Å². The maximum absolute atomic E-state index is 12.2. The van der Waals surface area contributed by atoms with Gasteiger partial charge in [-0.15, -0.1) is 0 Å². The van der Waals surface area contributed by atoms with E-state index in [0.29, 0.717) is 23.5 Å². The summed E-state index contributed by atoms with van der Waals surface area (Å²) in [5.41, 5.74) is 0.977. The molecule has 0 saturated heterocycles. The number of anilines is 1.